The van der Waals surface area contributed by atoms with Gasteiger partial charge >= 0.3 is 6.03 Å². The molecule has 2 saturated heterocycles. The Morgan fingerprint density at radius 3 is 1.94 bits per heavy atom. The van der Waals surface area contributed by atoms with E-state index in [0.29, 0.717) is 30.1 Å². The first-order valence-corrected chi connectivity index (χ1v) is 12.7. The van der Waals surface area contributed by atoms with Crippen molar-refractivity contribution < 1.29 is 13.6 Å². The first-order chi connectivity index (χ1) is 16.7. The molecule has 0 unspecified atom stereocenters. The van der Waals surface area contributed by atoms with E-state index in [2.05, 4.69) is 35.9 Å². The lowest BCUT2D eigenvalue weighted by atomic mass is 9.95. The molecule has 0 atom stereocenters. The van der Waals surface area contributed by atoms with Gasteiger partial charge in [0.2, 0.25) is 0 Å². The van der Waals surface area contributed by atoms with Crippen LogP contribution in [0.3, 0.4) is 0 Å². The van der Waals surface area contributed by atoms with Crippen molar-refractivity contribution in [1.29, 1.82) is 0 Å². The molecule has 0 radical (unpaired) electrons. The molecule has 190 valence electrons. The molecule has 2 aromatic carbocycles. The minimum Gasteiger partial charge on any atom is -0.327 e. The molecular weight excluding hydrogens is 446 g/mol. The maximum absolute atomic E-state index is 13.9. The van der Waals surface area contributed by atoms with Crippen LogP contribution < -0.4 is 5.32 Å². The SMILES string of the molecule is CC(C)(C)N1CCN(CC2CCN(C(=O)NC(c3cccc(F)c3)c3cccc(F)c3)CC2)CC1. The predicted molar refractivity (Wildman–Crippen MR) is 135 cm³/mol. The van der Waals surface area contributed by atoms with Crippen LogP contribution in [0.4, 0.5) is 13.6 Å². The van der Waals surface area contributed by atoms with E-state index in [9.17, 15) is 13.6 Å². The first kappa shape index (κ1) is 25.6. The Bertz CT molecular complexity index is 947. The van der Waals surface area contributed by atoms with E-state index in [1.165, 1.54) is 24.3 Å². The summed E-state index contributed by atoms with van der Waals surface area (Å²) in [6.45, 7) is 13.7. The molecule has 2 heterocycles. The highest BCUT2D eigenvalue weighted by Gasteiger charge is 2.29. The molecule has 0 bridgehead atoms. The van der Waals surface area contributed by atoms with Crippen LogP contribution in [0.15, 0.2) is 48.5 Å². The molecule has 2 aliphatic rings. The molecule has 0 spiro atoms. The van der Waals surface area contributed by atoms with Crippen molar-refractivity contribution in [3.05, 3.63) is 71.3 Å². The number of piperazine rings is 1. The van der Waals surface area contributed by atoms with E-state index in [4.69, 9.17) is 0 Å². The van der Waals surface area contributed by atoms with Crippen LogP contribution in [0.5, 0.6) is 0 Å². The summed E-state index contributed by atoms with van der Waals surface area (Å²) in [6, 6.07) is 11.4. The molecule has 2 aromatic rings. The van der Waals surface area contributed by atoms with Crippen LogP contribution in [-0.2, 0) is 0 Å². The average Bonchev–Trinajstić information content (AvgIpc) is 2.82. The van der Waals surface area contributed by atoms with E-state index < -0.39 is 6.04 Å². The fraction of sp³-hybridized carbons (Fsp3) is 0.536. The average molecular weight is 485 g/mol. The van der Waals surface area contributed by atoms with Gasteiger partial charge in [0, 0.05) is 51.4 Å². The van der Waals surface area contributed by atoms with Gasteiger partial charge in [-0.2, -0.15) is 0 Å². The molecule has 0 aliphatic carbocycles. The van der Waals surface area contributed by atoms with Crippen molar-refractivity contribution in [2.24, 2.45) is 5.92 Å². The lowest BCUT2D eigenvalue weighted by Gasteiger charge is -2.43. The number of piperidine rings is 1. The number of urea groups is 1. The molecular formula is C28H38F2N4O. The van der Waals surface area contributed by atoms with E-state index in [1.807, 2.05) is 4.90 Å². The number of amides is 2. The van der Waals surface area contributed by atoms with Crippen LogP contribution in [0.1, 0.15) is 50.8 Å². The number of carbonyl (C=O) groups excluding carboxylic acids is 1. The molecule has 35 heavy (non-hydrogen) atoms. The second-order valence-corrected chi connectivity index (χ2v) is 10.9. The molecule has 0 aromatic heterocycles. The van der Waals surface area contributed by atoms with Gasteiger partial charge in [-0.3, -0.25) is 4.90 Å². The van der Waals surface area contributed by atoms with Crippen molar-refractivity contribution in [2.75, 3.05) is 45.8 Å². The summed E-state index contributed by atoms with van der Waals surface area (Å²) in [6.07, 6.45) is 1.94. The Hall–Kier alpha value is -2.51. The number of hydrogen-bond acceptors (Lipinski definition) is 3. The Labute approximate surface area is 208 Å². The molecule has 5 nitrogen and oxygen atoms in total. The van der Waals surface area contributed by atoms with Gasteiger partial charge in [-0.1, -0.05) is 24.3 Å². The predicted octanol–water partition coefficient (Wildman–Crippen LogP) is 4.89. The Balaban J connectivity index is 1.32. The topological polar surface area (TPSA) is 38.8 Å². The van der Waals surface area contributed by atoms with E-state index in [1.54, 1.807) is 24.3 Å². The lowest BCUT2D eigenvalue weighted by Crippen LogP contribution is -2.54. The second kappa shape index (κ2) is 11.0. The summed E-state index contributed by atoms with van der Waals surface area (Å²) in [5.41, 5.74) is 1.40. The van der Waals surface area contributed by atoms with Crippen molar-refractivity contribution in [1.82, 2.24) is 20.0 Å². The van der Waals surface area contributed by atoms with Crippen molar-refractivity contribution >= 4 is 6.03 Å². The van der Waals surface area contributed by atoms with Crippen LogP contribution in [-0.4, -0.2) is 72.1 Å². The lowest BCUT2D eigenvalue weighted by molar-refractivity contribution is 0.0495. The minimum atomic E-state index is -0.620. The standard InChI is InChI=1S/C28H38F2N4O/c1-28(2,3)34-16-14-32(15-17-34)20-21-10-12-33(13-11-21)27(35)31-26(22-6-4-8-24(29)18-22)23-7-5-9-25(30)19-23/h4-9,18-19,21,26H,10-17,20H2,1-3H3,(H,31,35). The summed E-state index contributed by atoms with van der Waals surface area (Å²) in [4.78, 5) is 20.1. The zero-order valence-corrected chi connectivity index (χ0v) is 21.1. The van der Waals surface area contributed by atoms with Crippen LogP contribution in [0, 0.1) is 17.6 Å². The molecule has 0 saturated carbocycles. The van der Waals surface area contributed by atoms with E-state index in [0.717, 1.165) is 45.6 Å². The third-order valence-corrected chi connectivity index (χ3v) is 7.37. The summed E-state index contributed by atoms with van der Waals surface area (Å²) < 4.78 is 27.9. The fourth-order valence-corrected chi connectivity index (χ4v) is 5.23. The number of rotatable bonds is 5. The third-order valence-electron chi connectivity index (χ3n) is 7.37. The minimum absolute atomic E-state index is 0.194. The Morgan fingerprint density at radius 2 is 1.46 bits per heavy atom. The van der Waals surface area contributed by atoms with Crippen molar-refractivity contribution in [3.8, 4) is 0 Å². The van der Waals surface area contributed by atoms with E-state index >= 15 is 0 Å². The Kier molecular flexibility index (Phi) is 8.07. The molecule has 2 amide bonds. The summed E-state index contributed by atoms with van der Waals surface area (Å²) in [5, 5.41) is 3.03. The summed E-state index contributed by atoms with van der Waals surface area (Å²) in [5.74, 6) is -0.188. The highest BCUT2D eigenvalue weighted by atomic mass is 19.1. The quantitative estimate of drug-likeness (QED) is 0.657. The maximum Gasteiger partial charge on any atom is 0.318 e. The van der Waals surface area contributed by atoms with Gasteiger partial charge in [0.15, 0.2) is 0 Å². The highest BCUT2D eigenvalue weighted by Crippen LogP contribution is 2.26. The van der Waals surface area contributed by atoms with Crippen LogP contribution in [0.25, 0.3) is 0 Å². The molecule has 1 N–H and O–H groups in total. The Morgan fingerprint density at radius 1 is 0.914 bits per heavy atom. The fourth-order valence-electron chi connectivity index (χ4n) is 5.23. The van der Waals surface area contributed by atoms with E-state index in [-0.39, 0.29) is 23.2 Å². The first-order valence-electron chi connectivity index (χ1n) is 12.7. The summed E-state index contributed by atoms with van der Waals surface area (Å²) in [7, 11) is 0. The third kappa shape index (κ3) is 6.79. The van der Waals surface area contributed by atoms with Gasteiger partial charge in [-0.15, -0.1) is 0 Å². The molecule has 7 heteroatoms. The van der Waals surface area contributed by atoms with Gasteiger partial charge in [-0.05, 0) is 74.9 Å². The second-order valence-electron chi connectivity index (χ2n) is 10.9. The number of likely N-dealkylation sites (tertiary alicyclic amines) is 1. The van der Waals surface area contributed by atoms with Crippen molar-refractivity contribution in [2.45, 2.75) is 45.2 Å². The largest absolute Gasteiger partial charge is 0.327 e. The number of carbonyl (C=O) groups is 1. The number of hydrogen-bond donors (Lipinski definition) is 1. The zero-order chi connectivity index (χ0) is 25.0. The number of nitrogens with one attached hydrogen (secondary N) is 1. The molecule has 2 aliphatic heterocycles. The van der Waals surface area contributed by atoms with Gasteiger partial charge < -0.3 is 15.1 Å². The monoisotopic (exact) mass is 484 g/mol. The van der Waals surface area contributed by atoms with Gasteiger partial charge in [-0.25, -0.2) is 13.6 Å². The van der Waals surface area contributed by atoms with Crippen LogP contribution in [0.2, 0.25) is 0 Å². The smallest absolute Gasteiger partial charge is 0.318 e. The van der Waals surface area contributed by atoms with Gasteiger partial charge in [0.05, 0.1) is 6.04 Å². The highest BCUT2D eigenvalue weighted by molar-refractivity contribution is 5.75. The number of halogens is 2. The zero-order valence-electron chi connectivity index (χ0n) is 21.1. The maximum atomic E-state index is 13.9. The van der Waals surface area contributed by atoms with Gasteiger partial charge in [0.25, 0.3) is 0 Å². The molecule has 2 fully saturated rings. The normalized spacial score (nSPS) is 18.7. The molecule has 4 rings (SSSR count). The van der Waals surface area contributed by atoms with Crippen molar-refractivity contribution in [3.63, 3.8) is 0 Å². The van der Waals surface area contributed by atoms with Gasteiger partial charge in [0.1, 0.15) is 11.6 Å². The summed E-state index contributed by atoms with van der Waals surface area (Å²) >= 11 is 0. The number of nitrogens with zero attached hydrogens (tertiary/aromatic N) is 3. The van der Waals surface area contributed by atoms with Crippen LogP contribution >= 0.6 is 0 Å². The number of benzene rings is 2.